The zero-order valence-corrected chi connectivity index (χ0v) is 12.3. The minimum atomic E-state index is -0.0187. The van der Waals surface area contributed by atoms with Crippen LogP contribution in [0.3, 0.4) is 0 Å². The molecule has 2 aromatic carbocycles. The average molecular weight is 337 g/mol. The number of rotatable bonds is 4. The molecule has 0 unspecified atom stereocenters. The van der Waals surface area contributed by atoms with Gasteiger partial charge in [-0.05, 0) is 42.5 Å². The lowest BCUT2D eigenvalue weighted by Gasteiger charge is -2.11. The summed E-state index contributed by atoms with van der Waals surface area (Å²) in [4.78, 5) is 0. The molecule has 2 aromatic rings. The second-order valence-corrected chi connectivity index (χ2v) is 4.82. The van der Waals surface area contributed by atoms with Crippen LogP contribution in [0.25, 0.3) is 0 Å². The quantitative estimate of drug-likeness (QED) is 0.388. The van der Waals surface area contributed by atoms with Gasteiger partial charge in [-0.1, -0.05) is 21.1 Å². The Hall–Kier alpha value is -2.21. The molecule has 0 fully saturated rings. The summed E-state index contributed by atoms with van der Waals surface area (Å²) in [6.45, 7) is 0. The zero-order chi connectivity index (χ0) is 14.5. The van der Waals surface area contributed by atoms with Gasteiger partial charge in [0, 0.05) is 4.47 Å². The molecule has 104 valence electrons. The van der Waals surface area contributed by atoms with E-state index in [0.717, 1.165) is 10.2 Å². The molecule has 3 N–H and O–H groups in total. The van der Waals surface area contributed by atoms with E-state index in [1.807, 2.05) is 6.07 Å². The van der Waals surface area contributed by atoms with Gasteiger partial charge in [0.15, 0.2) is 5.84 Å². The Labute approximate surface area is 124 Å². The number of hydrogen-bond donors (Lipinski definition) is 2. The molecule has 20 heavy (non-hydrogen) atoms. The third-order valence-corrected chi connectivity index (χ3v) is 3.11. The molecule has 2 rings (SSSR count). The lowest BCUT2D eigenvalue weighted by atomic mass is 10.2. The highest BCUT2D eigenvalue weighted by Gasteiger charge is 2.10. The van der Waals surface area contributed by atoms with E-state index in [1.54, 1.807) is 43.5 Å². The Morgan fingerprint density at radius 1 is 1.15 bits per heavy atom. The van der Waals surface area contributed by atoms with Gasteiger partial charge in [-0.3, -0.25) is 0 Å². The van der Waals surface area contributed by atoms with Gasteiger partial charge in [-0.2, -0.15) is 0 Å². The molecular formula is C14H13BrN2O3. The second-order valence-electron chi connectivity index (χ2n) is 3.90. The number of halogens is 1. The van der Waals surface area contributed by atoms with E-state index in [2.05, 4.69) is 21.1 Å². The van der Waals surface area contributed by atoms with E-state index < -0.39 is 0 Å². The van der Waals surface area contributed by atoms with E-state index in [0.29, 0.717) is 17.1 Å². The highest BCUT2D eigenvalue weighted by Crippen LogP contribution is 2.29. The monoisotopic (exact) mass is 336 g/mol. The van der Waals surface area contributed by atoms with Gasteiger partial charge in [0.25, 0.3) is 0 Å². The molecule has 0 saturated heterocycles. The lowest BCUT2D eigenvalue weighted by Crippen LogP contribution is -2.14. The summed E-state index contributed by atoms with van der Waals surface area (Å²) in [7, 11) is 1.60. The first-order valence-corrected chi connectivity index (χ1v) is 6.52. The van der Waals surface area contributed by atoms with E-state index >= 15 is 0 Å². The summed E-state index contributed by atoms with van der Waals surface area (Å²) in [6, 6.07) is 12.4. The molecule has 0 aliphatic heterocycles. The highest BCUT2D eigenvalue weighted by molar-refractivity contribution is 9.10. The number of amidine groups is 1. The summed E-state index contributed by atoms with van der Waals surface area (Å²) in [5.41, 5.74) is 6.14. The summed E-state index contributed by atoms with van der Waals surface area (Å²) >= 11 is 3.33. The molecule has 0 aliphatic carbocycles. The molecule has 0 atom stereocenters. The predicted molar refractivity (Wildman–Crippen MR) is 79.7 cm³/mol. The molecule has 0 radical (unpaired) electrons. The van der Waals surface area contributed by atoms with Crippen LogP contribution in [0.4, 0.5) is 0 Å². The number of methoxy groups -OCH3 is 1. The van der Waals surface area contributed by atoms with Crippen LogP contribution in [-0.4, -0.2) is 18.2 Å². The SMILES string of the molecule is COc1ccc(Oc2ccc(Br)cc2/C(N)=N/O)cc1. The normalized spacial score (nSPS) is 11.2. The number of nitrogens with zero attached hydrogens (tertiary/aromatic N) is 1. The molecule has 5 nitrogen and oxygen atoms in total. The Morgan fingerprint density at radius 2 is 1.80 bits per heavy atom. The van der Waals surface area contributed by atoms with Crippen molar-refractivity contribution in [3.8, 4) is 17.2 Å². The number of oxime groups is 1. The number of hydrogen-bond acceptors (Lipinski definition) is 4. The van der Waals surface area contributed by atoms with E-state index in [-0.39, 0.29) is 5.84 Å². The van der Waals surface area contributed by atoms with Crippen molar-refractivity contribution in [3.63, 3.8) is 0 Å². The highest BCUT2D eigenvalue weighted by atomic mass is 79.9. The second kappa shape index (κ2) is 6.29. The minimum absolute atomic E-state index is 0.0187. The lowest BCUT2D eigenvalue weighted by molar-refractivity contribution is 0.318. The van der Waals surface area contributed by atoms with Crippen molar-refractivity contribution >= 4 is 21.8 Å². The van der Waals surface area contributed by atoms with Crippen molar-refractivity contribution in [1.82, 2.24) is 0 Å². The Bertz CT molecular complexity index is 627. The van der Waals surface area contributed by atoms with Crippen LogP contribution in [0.2, 0.25) is 0 Å². The van der Waals surface area contributed by atoms with Gasteiger partial charge in [0.05, 0.1) is 12.7 Å². The summed E-state index contributed by atoms with van der Waals surface area (Å²) in [5.74, 6) is 1.84. The predicted octanol–water partition coefficient (Wildman–Crippen LogP) is 3.34. The van der Waals surface area contributed by atoms with Gasteiger partial charge >= 0.3 is 0 Å². The Morgan fingerprint density at radius 3 is 2.40 bits per heavy atom. The molecule has 0 spiro atoms. The summed E-state index contributed by atoms with van der Waals surface area (Å²) in [5, 5.41) is 11.8. The van der Waals surface area contributed by atoms with Crippen molar-refractivity contribution in [2.75, 3.05) is 7.11 Å². The number of nitrogens with two attached hydrogens (primary N) is 1. The zero-order valence-electron chi connectivity index (χ0n) is 10.7. The molecule has 0 saturated carbocycles. The van der Waals surface area contributed by atoms with Crippen LogP contribution in [0.5, 0.6) is 17.2 Å². The summed E-state index contributed by atoms with van der Waals surface area (Å²) in [6.07, 6.45) is 0. The van der Waals surface area contributed by atoms with Crippen LogP contribution < -0.4 is 15.2 Å². The number of benzene rings is 2. The summed E-state index contributed by atoms with van der Waals surface area (Å²) < 4.78 is 11.6. The van der Waals surface area contributed by atoms with Gasteiger partial charge in [0.1, 0.15) is 17.2 Å². The standard InChI is InChI=1S/C14H13BrN2O3/c1-19-10-3-5-11(6-4-10)20-13-7-2-9(15)8-12(13)14(16)17-18/h2-8,18H,1H3,(H2,16,17). The topological polar surface area (TPSA) is 77.1 Å². The molecule has 0 aliphatic rings. The fraction of sp³-hybridized carbons (Fsp3) is 0.0714. The molecule has 0 heterocycles. The van der Waals surface area contributed by atoms with Crippen LogP contribution in [0, 0.1) is 0 Å². The van der Waals surface area contributed by atoms with Crippen molar-refractivity contribution in [2.24, 2.45) is 10.9 Å². The molecular weight excluding hydrogens is 324 g/mol. The van der Waals surface area contributed by atoms with E-state index in [1.165, 1.54) is 0 Å². The van der Waals surface area contributed by atoms with E-state index in [4.69, 9.17) is 20.4 Å². The first-order valence-electron chi connectivity index (χ1n) is 5.73. The maximum absolute atomic E-state index is 8.81. The average Bonchev–Trinajstić information content (AvgIpc) is 2.49. The van der Waals surface area contributed by atoms with E-state index in [9.17, 15) is 0 Å². The van der Waals surface area contributed by atoms with Crippen LogP contribution in [0.1, 0.15) is 5.56 Å². The minimum Gasteiger partial charge on any atom is -0.497 e. The van der Waals surface area contributed by atoms with Crippen LogP contribution in [-0.2, 0) is 0 Å². The van der Waals surface area contributed by atoms with Gasteiger partial charge in [-0.25, -0.2) is 0 Å². The van der Waals surface area contributed by atoms with Crippen LogP contribution in [0.15, 0.2) is 52.1 Å². The Kier molecular flexibility index (Phi) is 4.47. The van der Waals surface area contributed by atoms with Crippen molar-refractivity contribution in [1.29, 1.82) is 0 Å². The maximum Gasteiger partial charge on any atom is 0.173 e. The molecule has 0 aromatic heterocycles. The fourth-order valence-corrected chi connectivity index (χ4v) is 1.98. The third-order valence-electron chi connectivity index (χ3n) is 2.61. The van der Waals surface area contributed by atoms with Crippen molar-refractivity contribution < 1.29 is 14.7 Å². The maximum atomic E-state index is 8.81. The fourth-order valence-electron chi connectivity index (χ4n) is 1.62. The molecule has 0 bridgehead atoms. The molecule has 0 amide bonds. The van der Waals surface area contributed by atoms with Gasteiger partial charge < -0.3 is 20.4 Å². The smallest absolute Gasteiger partial charge is 0.173 e. The molecule has 6 heteroatoms. The Balaban J connectivity index is 2.32. The van der Waals surface area contributed by atoms with Crippen molar-refractivity contribution in [3.05, 3.63) is 52.5 Å². The van der Waals surface area contributed by atoms with Crippen LogP contribution >= 0.6 is 15.9 Å². The first kappa shape index (κ1) is 14.2. The first-order chi connectivity index (χ1) is 9.63. The number of ether oxygens (including phenoxy) is 2. The van der Waals surface area contributed by atoms with Crippen molar-refractivity contribution in [2.45, 2.75) is 0 Å². The van der Waals surface area contributed by atoms with Gasteiger partial charge in [0.2, 0.25) is 0 Å². The van der Waals surface area contributed by atoms with Gasteiger partial charge in [-0.15, -0.1) is 0 Å². The third kappa shape index (κ3) is 3.21. The largest absolute Gasteiger partial charge is 0.497 e.